The van der Waals surface area contributed by atoms with E-state index in [1.54, 1.807) is 27.3 Å². The molecule has 0 spiro atoms. The van der Waals surface area contributed by atoms with Crippen LogP contribution in [-0.2, 0) is 29.1 Å². The Morgan fingerprint density at radius 2 is 1.70 bits per heavy atom. The molecule has 0 bridgehead atoms. The highest BCUT2D eigenvalue weighted by Gasteiger charge is 2.31. The fourth-order valence-electron chi connectivity index (χ4n) is 4.94. The highest BCUT2D eigenvalue weighted by Crippen LogP contribution is 2.51. The number of benzene rings is 2. The molecule has 2 N–H and O–H groups in total. The lowest BCUT2D eigenvalue weighted by atomic mass is 9.94. The highest BCUT2D eigenvalue weighted by atomic mass is 32.2. The zero-order valence-corrected chi connectivity index (χ0v) is 26.4. The summed E-state index contributed by atoms with van der Waals surface area (Å²) in [4.78, 5) is 36.1. The number of carbonyl (C=O) groups is 3. The largest absolute Gasteiger partial charge is 0.497 e. The Morgan fingerprint density at radius 3 is 2.28 bits per heavy atom. The number of carbonyl (C=O) groups excluding carboxylic acids is 1. The molecule has 2 heterocycles. The standard InChI is InChI=1S/C27H37N3O5S2.C2H2O4/c1-20(31)35-18-13-21-11-16-29(17-12-21)14-6-15-30-23-7-5-8-26(37(32,33)28(2)3)27(23)36-25-10-9-22(34-4)19-24(25)30;3-1(4)2(5)6/h5,7-10,19,21H,6,11-18H2,1-4H3;(H,3,4)(H,5,6). The fourth-order valence-corrected chi connectivity index (χ4v) is 7.45. The van der Waals surface area contributed by atoms with Gasteiger partial charge in [-0.15, -0.1) is 0 Å². The van der Waals surface area contributed by atoms with E-state index < -0.39 is 22.0 Å². The van der Waals surface area contributed by atoms with Crippen molar-refractivity contribution >= 4 is 51.1 Å². The van der Waals surface area contributed by atoms with Gasteiger partial charge in [0, 0.05) is 38.5 Å². The summed E-state index contributed by atoms with van der Waals surface area (Å²) < 4.78 is 38.1. The third-order valence-electron chi connectivity index (χ3n) is 7.25. The monoisotopic (exact) mass is 637 g/mol. The number of sulfonamides is 1. The van der Waals surface area contributed by atoms with Crippen molar-refractivity contribution in [2.45, 2.75) is 47.3 Å². The fraction of sp³-hybridized carbons (Fsp3) is 0.483. The smallest absolute Gasteiger partial charge is 0.414 e. The van der Waals surface area contributed by atoms with Gasteiger partial charge in [-0.05, 0) is 75.5 Å². The zero-order valence-electron chi connectivity index (χ0n) is 24.8. The minimum atomic E-state index is -3.59. The van der Waals surface area contributed by atoms with Crippen LogP contribution in [0.3, 0.4) is 0 Å². The molecule has 0 amide bonds. The lowest BCUT2D eigenvalue weighted by Crippen LogP contribution is -2.36. The topological polar surface area (TPSA) is 154 Å². The van der Waals surface area contributed by atoms with Crippen molar-refractivity contribution in [3.63, 3.8) is 0 Å². The normalized spacial score (nSPS) is 15.1. The number of ether oxygens (including phenoxy) is 2. The number of likely N-dealkylation sites (tertiary alicyclic amines) is 1. The predicted molar refractivity (Wildman–Crippen MR) is 162 cm³/mol. The van der Waals surface area contributed by atoms with Gasteiger partial charge in [0.05, 0.1) is 34.9 Å². The Hall–Kier alpha value is -3.33. The van der Waals surface area contributed by atoms with E-state index >= 15 is 0 Å². The summed E-state index contributed by atoms with van der Waals surface area (Å²) in [6, 6.07) is 11.5. The number of esters is 1. The van der Waals surface area contributed by atoms with Crippen LogP contribution in [0.2, 0.25) is 0 Å². The van der Waals surface area contributed by atoms with E-state index in [1.807, 2.05) is 30.3 Å². The zero-order chi connectivity index (χ0) is 31.7. The Bertz CT molecular complexity index is 1400. The molecule has 12 nitrogen and oxygen atoms in total. The number of hydrogen-bond donors (Lipinski definition) is 2. The van der Waals surface area contributed by atoms with Gasteiger partial charge in [0.2, 0.25) is 10.0 Å². The maximum atomic E-state index is 13.1. The van der Waals surface area contributed by atoms with Gasteiger partial charge in [0.15, 0.2) is 0 Å². The summed E-state index contributed by atoms with van der Waals surface area (Å²) in [7, 11) is 1.21. The number of piperidine rings is 1. The first-order valence-electron chi connectivity index (χ1n) is 13.9. The van der Waals surface area contributed by atoms with Gasteiger partial charge in [-0.1, -0.05) is 17.8 Å². The van der Waals surface area contributed by atoms with Crippen LogP contribution >= 0.6 is 11.8 Å². The third-order valence-corrected chi connectivity index (χ3v) is 10.4. The molecule has 2 aromatic carbocycles. The van der Waals surface area contributed by atoms with E-state index in [0.29, 0.717) is 17.4 Å². The average Bonchev–Trinajstić information content (AvgIpc) is 2.97. The minimum Gasteiger partial charge on any atom is -0.497 e. The van der Waals surface area contributed by atoms with Crippen molar-refractivity contribution in [3.8, 4) is 5.75 Å². The van der Waals surface area contributed by atoms with Gasteiger partial charge < -0.3 is 29.5 Å². The number of carboxylic acids is 2. The van der Waals surface area contributed by atoms with Crippen molar-refractivity contribution < 1.29 is 42.5 Å². The second kappa shape index (κ2) is 15.4. The number of nitrogens with zero attached hydrogens (tertiary/aromatic N) is 3. The van der Waals surface area contributed by atoms with Crippen molar-refractivity contribution in [1.29, 1.82) is 0 Å². The Kier molecular flexibility index (Phi) is 12.2. The van der Waals surface area contributed by atoms with E-state index in [-0.39, 0.29) is 5.97 Å². The molecule has 0 unspecified atom stereocenters. The molecule has 4 rings (SSSR count). The van der Waals surface area contributed by atoms with Crippen LogP contribution in [0.1, 0.15) is 32.6 Å². The van der Waals surface area contributed by atoms with Crippen LogP contribution in [0, 0.1) is 5.92 Å². The number of anilines is 2. The Morgan fingerprint density at radius 1 is 1.02 bits per heavy atom. The van der Waals surface area contributed by atoms with E-state index in [4.69, 9.17) is 29.3 Å². The molecule has 236 valence electrons. The van der Waals surface area contributed by atoms with E-state index in [2.05, 4.69) is 9.80 Å². The summed E-state index contributed by atoms with van der Waals surface area (Å²) in [6.45, 7) is 5.81. The maximum absolute atomic E-state index is 13.1. The Labute approximate surface area is 256 Å². The number of carboxylic acid groups (broad SMARTS) is 2. The summed E-state index contributed by atoms with van der Waals surface area (Å²) in [5, 5.41) is 14.8. The van der Waals surface area contributed by atoms with Gasteiger partial charge >= 0.3 is 17.9 Å². The molecule has 0 saturated carbocycles. The highest BCUT2D eigenvalue weighted by molar-refractivity contribution is 8.00. The van der Waals surface area contributed by atoms with Crippen LogP contribution in [0.25, 0.3) is 0 Å². The van der Waals surface area contributed by atoms with Gasteiger partial charge in [-0.2, -0.15) is 0 Å². The Balaban J connectivity index is 0.000000765. The van der Waals surface area contributed by atoms with E-state index in [1.165, 1.54) is 23.0 Å². The average molecular weight is 638 g/mol. The first kappa shape index (κ1) is 34.2. The lowest BCUT2D eigenvalue weighted by Gasteiger charge is -2.36. The summed E-state index contributed by atoms with van der Waals surface area (Å²) in [5.41, 5.74) is 1.96. The molecule has 1 fully saturated rings. The lowest BCUT2D eigenvalue weighted by molar-refractivity contribution is -0.159. The summed E-state index contributed by atoms with van der Waals surface area (Å²) >= 11 is 1.50. The third kappa shape index (κ3) is 9.08. The van der Waals surface area contributed by atoms with Crippen LogP contribution in [0.4, 0.5) is 11.4 Å². The molecule has 0 aromatic heterocycles. The molecule has 0 atom stereocenters. The quantitative estimate of drug-likeness (QED) is 0.288. The van der Waals surface area contributed by atoms with Crippen LogP contribution in [0.5, 0.6) is 5.75 Å². The van der Waals surface area contributed by atoms with Crippen molar-refractivity contribution in [1.82, 2.24) is 9.21 Å². The minimum absolute atomic E-state index is 0.208. The van der Waals surface area contributed by atoms with Crippen molar-refractivity contribution in [3.05, 3.63) is 36.4 Å². The first-order chi connectivity index (χ1) is 20.3. The number of aliphatic carboxylic acids is 2. The molecule has 2 aliphatic rings. The second-order valence-corrected chi connectivity index (χ2v) is 13.5. The SMILES string of the molecule is COc1ccc2c(c1)N(CCCN1CCC(CCOC(C)=O)CC1)c1cccc(S(=O)(=O)N(C)C)c1S2.O=C(O)C(=O)O. The molecule has 0 aliphatic carbocycles. The van der Waals surface area contributed by atoms with Crippen LogP contribution < -0.4 is 9.64 Å². The molecule has 14 heteroatoms. The number of methoxy groups -OCH3 is 1. The van der Waals surface area contributed by atoms with E-state index in [0.717, 1.165) is 78.8 Å². The molecule has 0 radical (unpaired) electrons. The van der Waals surface area contributed by atoms with Gasteiger partial charge in [0.1, 0.15) is 5.75 Å². The molecule has 1 saturated heterocycles. The molecule has 43 heavy (non-hydrogen) atoms. The molecular weight excluding hydrogens is 598 g/mol. The van der Waals surface area contributed by atoms with E-state index in [9.17, 15) is 13.2 Å². The first-order valence-corrected chi connectivity index (χ1v) is 16.1. The molecule has 2 aliphatic heterocycles. The van der Waals surface area contributed by atoms with Gasteiger partial charge in [0.25, 0.3) is 0 Å². The summed E-state index contributed by atoms with van der Waals surface area (Å²) in [5.74, 6) is -2.47. The second-order valence-electron chi connectivity index (χ2n) is 10.4. The van der Waals surface area contributed by atoms with Crippen LogP contribution in [-0.4, -0.2) is 99.7 Å². The van der Waals surface area contributed by atoms with Gasteiger partial charge in [-0.3, -0.25) is 4.79 Å². The van der Waals surface area contributed by atoms with Crippen LogP contribution in [0.15, 0.2) is 51.1 Å². The predicted octanol–water partition coefficient (Wildman–Crippen LogP) is 3.76. The summed E-state index contributed by atoms with van der Waals surface area (Å²) in [6.07, 6.45) is 4.13. The molecule has 2 aromatic rings. The maximum Gasteiger partial charge on any atom is 0.414 e. The van der Waals surface area contributed by atoms with Crippen molar-refractivity contribution in [2.75, 3.05) is 58.9 Å². The van der Waals surface area contributed by atoms with Gasteiger partial charge in [-0.25, -0.2) is 22.3 Å². The van der Waals surface area contributed by atoms with Crippen molar-refractivity contribution in [2.24, 2.45) is 5.92 Å². The number of rotatable bonds is 10. The molecular formula is C29H39N3O9S2. The number of hydrogen-bond acceptors (Lipinski definition) is 10. The number of fused-ring (bicyclic) bond motifs is 2.